The summed E-state index contributed by atoms with van der Waals surface area (Å²) in [5.74, 6) is -0.572. The van der Waals surface area contributed by atoms with E-state index >= 15 is 0 Å². The van der Waals surface area contributed by atoms with E-state index in [0.29, 0.717) is 12.1 Å². The second-order valence-electron chi connectivity index (χ2n) is 9.46. The Kier molecular flexibility index (Phi) is 6.05. The summed E-state index contributed by atoms with van der Waals surface area (Å²) in [5.41, 5.74) is 0.282. The lowest BCUT2D eigenvalue weighted by Gasteiger charge is -2.42. The number of nitrogens with one attached hydrogen (secondary N) is 3. The highest BCUT2D eigenvalue weighted by Crippen LogP contribution is 2.48. The van der Waals surface area contributed by atoms with Gasteiger partial charge >= 0.3 is 0 Å². The van der Waals surface area contributed by atoms with Crippen molar-refractivity contribution < 1.29 is 14.0 Å². The molecule has 1 aromatic carbocycles. The third-order valence-electron chi connectivity index (χ3n) is 7.18. The van der Waals surface area contributed by atoms with Crippen LogP contribution in [0.4, 0.5) is 10.1 Å². The van der Waals surface area contributed by atoms with Crippen molar-refractivity contribution in [2.24, 2.45) is 16.7 Å². The number of nitrogens with zero attached hydrogens (tertiary/aromatic N) is 1. The molecule has 0 saturated heterocycles. The number of anilines is 1. The Morgan fingerprint density at radius 1 is 1.16 bits per heavy atom. The second kappa shape index (κ2) is 8.78. The number of halogens is 1. The van der Waals surface area contributed by atoms with Crippen molar-refractivity contribution in [3.8, 4) is 6.07 Å². The van der Waals surface area contributed by atoms with Gasteiger partial charge in [-0.2, -0.15) is 5.26 Å². The molecule has 0 spiro atoms. The van der Waals surface area contributed by atoms with E-state index in [4.69, 9.17) is 0 Å². The number of hydrogen-bond donors (Lipinski definition) is 3. The minimum atomic E-state index is -0.623. The van der Waals surface area contributed by atoms with Gasteiger partial charge in [0, 0.05) is 23.2 Å². The number of carbonyl (C=O) groups excluding carboxylic acids is 2. The molecule has 0 aromatic heterocycles. The van der Waals surface area contributed by atoms with Crippen molar-refractivity contribution in [1.29, 1.82) is 5.26 Å². The number of dihydropyridines is 1. The van der Waals surface area contributed by atoms with Crippen molar-refractivity contribution >= 4 is 17.5 Å². The van der Waals surface area contributed by atoms with Crippen molar-refractivity contribution in [2.45, 2.75) is 58.0 Å². The van der Waals surface area contributed by atoms with Crippen molar-refractivity contribution in [2.75, 3.05) is 5.32 Å². The first kappa shape index (κ1) is 22.1. The number of allylic oxidation sites excluding steroid dienone is 1. The summed E-state index contributed by atoms with van der Waals surface area (Å²) in [5, 5.41) is 18.4. The average Bonchev–Trinajstić information content (AvgIpc) is 2.75. The molecule has 0 radical (unpaired) electrons. The Labute approximate surface area is 187 Å². The molecule has 7 heteroatoms. The fourth-order valence-electron chi connectivity index (χ4n) is 4.95. The highest BCUT2D eigenvalue weighted by atomic mass is 19.1. The van der Waals surface area contributed by atoms with Gasteiger partial charge in [-0.1, -0.05) is 25.8 Å². The molecule has 2 saturated carbocycles. The molecule has 168 valence electrons. The molecule has 2 amide bonds. The molecule has 3 aliphatic rings. The monoisotopic (exact) mass is 436 g/mol. The summed E-state index contributed by atoms with van der Waals surface area (Å²) in [6.45, 7) is 1.93. The number of amides is 2. The Hall–Kier alpha value is -3.14. The predicted molar refractivity (Wildman–Crippen MR) is 119 cm³/mol. The molecule has 1 aromatic rings. The van der Waals surface area contributed by atoms with Gasteiger partial charge in [-0.3, -0.25) is 9.59 Å². The summed E-state index contributed by atoms with van der Waals surface area (Å²) in [7, 11) is 0. The van der Waals surface area contributed by atoms with Crippen molar-refractivity contribution in [3.63, 3.8) is 0 Å². The van der Waals surface area contributed by atoms with Crippen molar-refractivity contribution in [1.82, 2.24) is 10.6 Å². The molecule has 3 atom stereocenters. The summed E-state index contributed by atoms with van der Waals surface area (Å²) < 4.78 is 13.1. The molecule has 1 heterocycles. The Bertz CT molecular complexity index is 990. The first-order valence-corrected chi connectivity index (χ1v) is 11.3. The Balaban J connectivity index is 1.38. The fourth-order valence-corrected chi connectivity index (χ4v) is 4.95. The summed E-state index contributed by atoms with van der Waals surface area (Å²) in [4.78, 5) is 26.0. The molecular weight excluding hydrogens is 407 g/mol. The minimum absolute atomic E-state index is 0.0520. The SMILES string of the molecule is C[C@]1(C(=O)NC2C=CC(C3(C(=O)Nc4ccc(F)cc4)CCC3)=CN2)CCCC(C#N)C1. The summed E-state index contributed by atoms with van der Waals surface area (Å²) >= 11 is 0. The van der Waals surface area contributed by atoms with E-state index < -0.39 is 10.8 Å². The first-order valence-electron chi connectivity index (χ1n) is 11.3. The van der Waals surface area contributed by atoms with E-state index in [2.05, 4.69) is 22.0 Å². The molecule has 1 aliphatic heterocycles. The molecule has 4 rings (SSSR count). The number of hydrogen-bond acceptors (Lipinski definition) is 4. The van der Waals surface area contributed by atoms with E-state index in [1.54, 1.807) is 12.1 Å². The molecule has 32 heavy (non-hydrogen) atoms. The van der Waals surface area contributed by atoms with Gasteiger partial charge in [-0.25, -0.2) is 4.39 Å². The maximum Gasteiger partial charge on any atom is 0.235 e. The highest BCUT2D eigenvalue weighted by Gasteiger charge is 2.47. The quantitative estimate of drug-likeness (QED) is 0.647. The van der Waals surface area contributed by atoms with E-state index in [0.717, 1.165) is 44.1 Å². The van der Waals surface area contributed by atoms with Crippen LogP contribution in [-0.2, 0) is 9.59 Å². The smallest absolute Gasteiger partial charge is 0.235 e. The maximum atomic E-state index is 13.1. The van der Waals surface area contributed by atoms with Crippen molar-refractivity contribution in [3.05, 3.63) is 54.0 Å². The predicted octanol–water partition coefficient (Wildman–Crippen LogP) is 4.14. The van der Waals surface area contributed by atoms with Crippen LogP contribution >= 0.6 is 0 Å². The van der Waals surface area contributed by atoms with Crippen LogP contribution in [0.3, 0.4) is 0 Å². The number of rotatable bonds is 5. The van der Waals surface area contributed by atoms with Gasteiger partial charge in [0.05, 0.1) is 11.5 Å². The van der Waals surface area contributed by atoms with Gasteiger partial charge in [0.1, 0.15) is 12.0 Å². The molecular formula is C25H29FN4O2. The lowest BCUT2D eigenvalue weighted by atomic mass is 9.63. The van der Waals surface area contributed by atoms with Crippen LogP contribution < -0.4 is 16.0 Å². The molecule has 0 bridgehead atoms. The Morgan fingerprint density at radius 3 is 2.50 bits per heavy atom. The zero-order valence-corrected chi connectivity index (χ0v) is 18.3. The molecule has 6 nitrogen and oxygen atoms in total. The third kappa shape index (κ3) is 4.27. The highest BCUT2D eigenvalue weighted by molar-refractivity contribution is 5.98. The lowest BCUT2D eigenvalue weighted by Crippen LogP contribution is -2.51. The van der Waals surface area contributed by atoms with Gasteiger partial charge < -0.3 is 16.0 Å². The number of nitriles is 1. The summed E-state index contributed by atoms with van der Waals surface area (Å²) in [6, 6.07) is 8.06. The van der Waals surface area contributed by atoms with Crippen LogP contribution in [-0.4, -0.2) is 18.0 Å². The van der Waals surface area contributed by atoms with E-state index in [9.17, 15) is 19.2 Å². The number of benzene rings is 1. The van der Waals surface area contributed by atoms with Gasteiger partial charge in [0.25, 0.3) is 0 Å². The van der Waals surface area contributed by atoms with Gasteiger partial charge in [0.15, 0.2) is 0 Å². The van der Waals surface area contributed by atoms with Crippen LogP contribution in [0.5, 0.6) is 0 Å². The van der Waals surface area contributed by atoms with Crippen LogP contribution in [0.25, 0.3) is 0 Å². The van der Waals surface area contributed by atoms with Gasteiger partial charge in [-0.05, 0) is 68.0 Å². The standard InChI is InChI=1S/C25H29FN4O2/c1-24(11-2-4-17(14-24)15-27)22(31)30-21-10-5-18(16-28-21)25(12-3-13-25)23(32)29-20-8-6-19(26)7-9-20/h5-10,16-17,21,28H,2-4,11-14H2,1H3,(H,29,32)(H,30,31)/t17?,21?,24-/m0/s1. The lowest BCUT2D eigenvalue weighted by molar-refractivity contribution is -0.133. The first-order chi connectivity index (χ1) is 15.3. The molecule has 2 unspecified atom stereocenters. The largest absolute Gasteiger partial charge is 0.368 e. The van der Waals surface area contributed by atoms with E-state index in [-0.39, 0.29) is 29.7 Å². The van der Waals surface area contributed by atoms with E-state index in [1.165, 1.54) is 12.1 Å². The fraction of sp³-hybridized carbons (Fsp3) is 0.480. The topological polar surface area (TPSA) is 94.0 Å². The third-order valence-corrected chi connectivity index (χ3v) is 7.18. The van der Waals surface area contributed by atoms with Crippen LogP contribution in [0, 0.1) is 33.9 Å². The zero-order valence-electron chi connectivity index (χ0n) is 18.3. The maximum absolute atomic E-state index is 13.1. The average molecular weight is 437 g/mol. The zero-order chi connectivity index (χ0) is 22.8. The molecule has 2 aliphatic carbocycles. The van der Waals surface area contributed by atoms with Gasteiger partial charge in [0.2, 0.25) is 11.8 Å². The second-order valence-corrected chi connectivity index (χ2v) is 9.46. The number of carbonyl (C=O) groups is 2. The Morgan fingerprint density at radius 2 is 1.91 bits per heavy atom. The summed E-state index contributed by atoms with van der Waals surface area (Å²) in [6.07, 6.45) is 10.8. The minimum Gasteiger partial charge on any atom is -0.368 e. The van der Waals surface area contributed by atoms with Crippen LogP contribution in [0.1, 0.15) is 51.9 Å². The van der Waals surface area contributed by atoms with E-state index in [1.807, 2.05) is 25.3 Å². The van der Waals surface area contributed by atoms with Crippen LogP contribution in [0.2, 0.25) is 0 Å². The molecule has 2 fully saturated rings. The van der Waals surface area contributed by atoms with Gasteiger partial charge in [-0.15, -0.1) is 0 Å². The van der Waals surface area contributed by atoms with Crippen LogP contribution in [0.15, 0.2) is 48.2 Å². The normalized spacial score (nSPS) is 28.3. The molecule has 3 N–H and O–H groups in total.